The molecule has 126 valence electrons. The number of likely N-dealkylation sites (tertiary alicyclic amines) is 1. The molecule has 1 rings (SSSR count). The Morgan fingerprint density at radius 2 is 1.95 bits per heavy atom. The summed E-state index contributed by atoms with van der Waals surface area (Å²) in [5.74, 6) is -0.375. The van der Waals surface area contributed by atoms with Gasteiger partial charge in [-0.1, -0.05) is 11.6 Å². The number of hydrogen-bond acceptors (Lipinski definition) is 5. The van der Waals surface area contributed by atoms with Crippen molar-refractivity contribution >= 4 is 12.0 Å². The number of rotatable bonds is 5. The van der Waals surface area contributed by atoms with Crippen LogP contribution in [0, 0.1) is 0 Å². The van der Waals surface area contributed by atoms with Gasteiger partial charge in [0.25, 0.3) is 5.91 Å². The van der Waals surface area contributed by atoms with Gasteiger partial charge in [-0.15, -0.1) is 0 Å². The van der Waals surface area contributed by atoms with Crippen molar-refractivity contribution in [1.29, 1.82) is 0 Å². The van der Waals surface area contributed by atoms with Gasteiger partial charge in [-0.05, 0) is 41.5 Å². The maximum Gasteiger partial charge on any atom is 0.417 e. The van der Waals surface area contributed by atoms with Crippen LogP contribution in [-0.4, -0.2) is 54.5 Å². The molecule has 1 aliphatic heterocycles. The van der Waals surface area contributed by atoms with Crippen molar-refractivity contribution in [2.24, 2.45) is 0 Å². The second-order valence-electron chi connectivity index (χ2n) is 6.75. The van der Waals surface area contributed by atoms with Crippen LogP contribution in [0.15, 0.2) is 11.6 Å². The minimum absolute atomic E-state index is 0.229. The average Bonchev–Trinajstić information content (AvgIpc) is 2.33. The van der Waals surface area contributed by atoms with E-state index in [-0.39, 0.29) is 12.0 Å². The van der Waals surface area contributed by atoms with Crippen molar-refractivity contribution in [3.63, 3.8) is 0 Å². The summed E-state index contributed by atoms with van der Waals surface area (Å²) in [6.07, 6.45) is 0.301. The molecule has 0 N–H and O–H groups in total. The van der Waals surface area contributed by atoms with Gasteiger partial charge in [0, 0.05) is 7.11 Å². The molecule has 0 aromatic heterocycles. The number of carbonyl (C=O) groups is 2. The standard InChI is InChI=1S/C16H27NO5/c1-10(2)8-12-13(21-11(3)9-20-7)14(18)17(12)15(19)22-16(4,5)6/h8,11-13H,9H2,1-7H3. The molecule has 0 spiro atoms. The number of imide groups is 1. The van der Waals surface area contributed by atoms with Crippen LogP contribution < -0.4 is 0 Å². The highest BCUT2D eigenvalue weighted by molar-refractivity contribution is 6.01. The fraction of sp³-hybridized carbons (Fsp3) is 0.750. The summed E-state index contributed by atoms with van der Waals surface area (Å²) in [4.78, 5) is 25.5. The maximum atomic E-state index is 12.3. The average molecular weight is 313 g/mol. The van der Waals surface area contributed by atoms with E-state index in [1.165, 1.54) is 0 Å². The van der Waals surface area contributed by atoms with E-state index in [2.05, 4.69) is 0 Å². The smallest absolute Gasteiger partial charge is 0.417 e. The van der Waals surface area contributed by atoms with Crippen molar-refractivity contribution < 1.29 is 23.8 Å². The lowest BCUT2D eigenvalue weighted by molar-refractivity contribution is -0.174. The molecule has 0 saturated carbocycles. The lowest BCUT2D eigenvalue weighted by Gasteiger charge is -2.44. The van der Waals surface area contributed by atoms with Gasteiger partial charge in [0.05, 0.1) is 18.8 Å². The molecule has 2 amide bonds. The van der Waals surface area contributed by atoms with Gasteiger partial charge in [0.2, 0.25) is 0 Å². The Bertz CT molecular complexity index is 448. The molecule has 1 fully saturated rings. The monoisotopic (exact) mass is 313 g/mol. The summed E-state index contributed by atoms with van der Waals surface area (Å²) in [5, 5.41) is 0. The Hall–Kier alpha value is -1.40. The predicted octanol–water partition coefficient (Wildman–Crippen LogP) is 2.52. The molecule has 0 radical (unpaired) electrons. The lowest BCUT2D eigenvalue weighted by Crippen LogP contribution is -2.68. The predicted molar refractivity (Wildman–Crippen MR) is 82.5 cm³/mol. The van der Waals surface area contributed by atoms with Gasteiger partial charge in [-0.2, -0.15) is 0 Å². The highest BCUT2D eigenvalue weighted by Gasteiger charge is 2.52. The molecule has 0 aromatic carbocycles. The quantitative estimate of drug-likeness (QED) is 0.576. The molecule has 1 aliphatic rings. The molecular weight excluding hydrogens is 286 g/mol. The number of nitrogens with zero attached hydrogens (tertiary/aromatic N) is 1. The van der Waals surface area contributed by atoms with E-state index in [1.807, 2.05) is 26.8 Å². The largest absolute Gasteiger partial charge is 0.443 e. The first-order valence-corrected chi connectivity index (χ1v) is 7.42. The first-order chi connectivity index (χ1) is 10.1. The van der Waals surface area contributed by atoms with Crippen molar-refractivity contribution in [3.8, 4) is 0 Å². The zero-order valence-electron chi connectivity index (χ0n) is 14.5. The normalized spacial score (nSPS) is 22.9. The topological polar surface area (TPSA) is 65.1 Å². The van der Waals surface area contributed by atoms with Crippen molar-refractivity contribution in [2.45, 2.75) is 65.4 Å². The number of hydrogen-bond donors (Lipinski definition) is 0. The summed E-state index contributed by atoms with van der Waals surface area (Å²) >= 11 is 0. The SMILES string of the molecule is COCC(C)OC1C(=O)N(C(=O)OC(C)(C)C)C1C=C(C)C. The van der Waals surface area contributed by atoms with E-state index in [9.17, 15) is 9.59 Å². The zero-order chi connectivity index (χ0) is 17.1. The fourth-order valence-corrected chi connectivity index (χ4v) is 2.17. The number of amides is 2. The first kappa shape index (κ1) is 18.6. The highest BCUT2D eigenvalue weighted by Crippen LogP contribution is 2.28. The van der Waals surface area contributed by atoms with Crippen LogP contribution in [0.5, 0.6) is 0 Å². The molecule has 0 aromatic rings. The lowest BCUT2D eigenvalue weighted by atomic mass is 9.96. The van der Waals surface area contributed by atoms with Crippen LogP contribution in [0.3, 0.4) is 0 Å². The molecule has 0 bridgehead atoms. The van der Waals surface area contributed by atoms with Crippen molar-refractivity contribution in [3.05, 3.63) is 11.6 Å². The number of β-lactam (4-membered cyclic amide) rings is 1. The second-order valence-corrected chi connectivity index (χ2v) is 6.75. The minimum atomic E-state index is -0.674. The Morgan fingerprint density at radius 1 is 1.36 bits per heavy atom. The Kier molecular flexibility index (Phi) is 6.14. The summed E-state index contributed by atoms with van der Waals surface area (Å²) < 4.78 is 16.0. The second kappa shape index (κ2) is 7.24. The van der Waals surface area contributed by atoms with Gasteiger partial charge in [-0.25, -0.2) is 9.69 Å². The third-order valence-electron chi connectivity index (χ3n) is 2.96. The molecule has 0 aliphatic carbocycles. The van der Waals surface area contributed by atoms with Crippen LogP contribution in [0.1, 0.15) is 41.5 Å². The van der Waals surface area contributed by atoms with E-state index in [1.54, 1.807) is 27.9 Å². The molecule has 6 nitrogen and oxygen atoms in total. The molecule has 6 heteroatoms. The summed E-state index contributed by atoms with van der Waals surface area (Å²) in [7, 11) is 1.57. The van der Waals surface area contributed by atoms with E-state index in [4.69, 9.17) is 14.2 Å². The first-order valence-electron chi connectivity index (χ1n) is 7.42. The third-order valence-corrected chi connectivity index (χ3v) is 2.96. The molecule has 1 heterocycles. The number of allylic oxidation sites excluding steroid dienone is 1. The summed E-state index contributed by atoms with van der Waals surface area (Å²) in [5.41, 5.74) is 0.349. The number of methoxy groups -OCH3 is 1. The van der Waals surface area contributed by atoms with Crippen molar-refractivity contribution in [2.75, 3.05) is 13.7 Å². The van der Waals surface area contributed by atoms with Crippen molar-refractivity contribution in [1.82, 2.24) is 4.90 Å². The fourth-order valence-electron chi connectivity index (χ4n) is 2.17. The Balaban J connectivity index is 2.85. The molecule has 3 atom stereocenters. The van der Waals surface area contributed by atoms with Gasteiger partial charge in [0.15, 0.2) is 6.10 Å². The Morgan fingerprint density at radius 3 is 2.41 bits per heavy atom. The van der Waals surface area contributed by atoms with Crippen LogP contribution in [0.25, 0.3) is 0 Å². The van der Waals surface area contributed by atoms with E-state index in [0.717, 1.165) is 10.5 Å². The van der Waals surface area contributed by atoms with Crippen LogP contribution in [0.4, 0.5) is 4.79 Å². The molecule has 22 heavy (non-hydrogen) atoms. The molecule has 3 unspecified atom stereocenters. The van der Waals surface area contributed by atoms with Gasteiger partial charge >= 0.3 is 6.09 Å². The van der Waals surface area contributed by atoms with Crippen LogP contribution in [-0.2, 0) is 19.0 Å². The number of ether oxygens (including phenoxy) is 3. The van der Waals surface area contributed by atoms with E-state index < -0.39 is 23.8 Å². The zero-order valence-corrected chi connectivity index (χ0v) is 14.5. The van der Waals surface area contributed by atoms with E-state index in [0.29, 0.717) is 6.61 Å². The molecule has 1 saturated heterocycles. The van der Waals surface area contributed by atoms with Crippen LogP contribution >= 0.6 is 0 Å². The maximum absolute atomic E-state index is 12.3. The summed E-state index contributed by atoms with van der Waals surface area (Å²) in [6, 6.07) is -0.438. The minimum Gasteiger partial charge on any atom is -0.443 e. The van der Waals surface area contributed by atoms with E-state index >= 15 is 0 Å². The van der Waals surface area contributed by atoms with Gasteiger partial charge < -0.3 is 14.2 Å². The molecular formula is C16H27NO5. The highest BCUT2D eigenvalue weighted by atomic mass is 16.6. The number of carbonyl (C=O) groups excluding carboxylic acids is 2. The Labute approximate surface area is 132 Å². The van der Waals surface area contributed by atoms with Gasteiger partial charge in [0.1, 0.15) is 5.60 Å². The van der Waals surface area contributed by atoms with Crippen LogP contribution in [0.2, 0.25) is 0 Å². The van der Waals surface area contributed by atoms with Gasteiger partial charge in [-0.3, -0.25) is 4.79 Å². The summed E-state index contributed by atoms with van der Waals surface area (Å²) in [6.45, 7) is 11.3. The third kappa shape index (κ3) is 4.81.